The average Bonchev–Trinajstić information content (AvgIpc) is 2.26. The summed E-state index contributed by atoms with van der Waals surface area (Å²) >= 11 is 11.4. The van der Waals surface area contributed by atoms with E-state index in [1.165, 1.54) is 0 Å². The molecule has 2 rings (SSSR count). The van der Waals surface area contributed by atoms with Gasteiger partial charge in [-0.2, -0.15) is 0 Å². The van der Waals surface area contributed by atoms with Crippen LogP contribution in [0.5, 0.6) is 0 Å². The molecule has 2 aromatic rings. The molecule has 0 atom stereocenters. The monoisotopic (exact) mass is 240 g/mol. The molecular formula is C12H7Cl2F. The van der Waals surface area contributed by atoms with E-state index in [0.717, 1.165) is 11.1 Å². The van der Waals surface area contributed by atoms with Crippen molar-refractivity contribution >= 4 is 23.2 Å². The molecule has 3 heteroatoms. The van der Waals surface area contributed by atoms with Gasteiger partial charge >= 0.3 is 0 Å². The van der Waals surface area contributed by atoms with E-state index in [1.54, 1.807) is 12.1 Å². The highest BCUT2D eigenvalue weighted by molar-refractivity contribution is 6.35. The normalized spacial score (nSPS) is 10.3. The van der Waals surface area contributed by atoms with E-state index in [1.807, 2.05) is 30.3 Å². The lowest BCUT2D eigenvalue weighted by Gasteiger charge is -2.04. The molecule has 2 aromatic carbocycles. The Kier molecular flexibility index (Phi) is 2.94. The van der Waals surface area contributed by atoms with E-state index in [2.05, 4.69) is 0 Å². The summed E-state index contributed by atoms with van der Waals surface area (Å²) in [6.45, 7) is 0. The molecule has 15 heavy (non-hydrogen) atoms. The molecule has 0 N–H and O–H groups in total. The van der Waals surface area contributed by atoms with Crippen LogP contribution in [0.4, 0.5) is 4.39 Å². The molecule has 0 amide bonds. The maximum absolute atomic E-state index is 13.2. The Morgan fingerprint density at radius 1 is 0.800 bits per heavy atom. The minimum Gasteiger partial charge on any atom is -0.204 e. The van der Waals surface area contributed by atoms with Crippen LogP contribution in [0.2, 0.25) is 10.0 Å². The summed E-state index contributed by atoms with van der Waals surface area (Å²) in [5.41, 5.74) is 1.77. The molecule has 0 aliphatic rings. The van der Waals surface area contributed by atoms with Gasteiger partial charge in [0.15, 0.2) is 5.82 Å². The first-order valence-electron chi connectivity index (χ1n) is 4.38. The van der Waals surface area contributed by atoms with Crippen LogP contribution in [-0.2, 0) is 0 Å². The van der Waals surface area contributed by atoms with Crippen LogP contribution in [0.3, 0.4) is 0 Å². The van der Waals surface area contributed by atoms with Gasteiger partial charge in [0.2, 0.25) is 0 Å². The second-order valence-electron chi connectivity index (χ2n) is 3.12. The lowest BCUT2D eigenvalue weighted by atomic mass is 10.1. The van der Waals surface area contributed by atoms with Gasteiger partial charge in [-0.05, 0) is 23.3 Å². The lowest BCUT2D eigenvalue weighted by Crippen LogP contribution is -1.83. The maximum Gasteiger partial charge on any atom is 0.160 e. The molecule has 0 unspecified atom stereocenters. The summed E-state index contributed by atoms with van der Waals surface area (Å²) < 4.78 is 13.2. The molecule has 0 saturated heterocycles. The van der Waals surface area contributed by atoms with E-state index in [9.17, 15) is 4.39 Å². The zero-order valence-corrected chi connectivity index (χ0v) is 9.19. The molecular weight excluding hydrogens is 234 g/mol. The summed E-state index contributed by atoms with van der Waals surface area (Å²) in [6.07, 6.45) is 0. The number of benzene rings is 2. The van der Waals surface area contributed by atoms with Crippen molar-refractivity contribution in [3.63, 3.8) is 0 Å². The van der Waals surface area contributed by atoms with E-state index < -0.39 is 5.82 Å². The van der Waals surface area contributed by atoms with Gasteiger partial charge in [-0.15, -0.1) is 0 Å². The minimum absolute atomic E-state index is 0.0429. The third-order valence-electron chi connectivity index (χ3n) is 2.09. The molecule has 0 aliphatic carbocycles. The summed E-state index contributed by atoms with van der Waals surface area (Å²) in [4.78, 5) is 0. The Bertz CT molecular complexity index is 457. The third kappa shape index (κ3) is 2.14. The van der Waals surface area contributed by atoms with Crippen molar-refractivity contribution in [1.82, 2.24) is 0 Å². The van der Waals surface area contributed by atoms with Crippen LogP contribution in [0.25, 0.3) is 11.1 Å². The van der Waals surface area contributed by atoms with Crippen molar-refractivity contribution < 1.29 is 4.39 Å². The molecule has 0 spiro atoms. The van der Waals surface area contributed by atoms with Crippen LogP contribution in [0, 0.1) is 5.82 Å². The second-order valence-corrected chi connectivity index (χ2v) is 3.93. The number of hydrogen-bond donors (Lipinski definition) is 0. The molecule has 0 aliphatic heterocycles. The van der Waals surface area contributed by atoms with Crippen LogP contribution >= 0.6 is 23.2 Å². The first-order chi connectivity index (χ1) is 7.18. The molecule has 0 bridgehead atoms. The Hall–Kier alpha value is -1.05. The average molecular weight is 241 g/mol. The summed E-state index contributed by atoms with van der Waals surface area (Å²) in [5, 5.41) is 0.0858. The highest BCUT2D eigenvalue weighted by atomic mass is 35.5. The summed E-state index contributed by atoms with van der Waals surface area (Å²) in [6, 6.07) is 12.7. The minimum atomic E-state index is -0.571. The molecule has 0 saturated carbocycles. The largest absolute Gasteiger partial charge is 0.204 e. The number of rotatable bonds is 1. The van der Waals surface area contributed by atoms with E-state index in [-0.39, 0.29) is 10.0 Å². The topological polar surface area (TPSA) is 0 Å². The maximum atomic E-state index is 13.2. The van der Waals surface area contributed by atoms with Gasteiger partial charge in [-0.1, -0.05) is 53.5 Å². The summed E-state index contributed by atoms with van der Waals surface area (Å²) in [7, 11) is 0. The van der Waals surface area contributed by atoms with Gasteiger partial charge in [0.1, 0.15) is 0 Å². The fraction of sp³-hybridized carbons (Fsp3) is 0. The predicted octanol–water partition coefficient (Wildman–Crippen LogP) is 4.80. The zero-order chi connectivity index (χ0) is 10.8. The molecule has 76 valence electrons. The van der Waals surface area contributed by atoms with Gasteiger partial charge in [-0.25, -0.2) is 4.39 Å². The van der Waals surface area contributed by atoms with Crippen molar-refractivity contribution in [3.05, 3.63) is 58.3 Å². The molecule has 0 nitrogen and oxygen atoms in total. The lowest BCUT2D eigenvalue weighted by molar-refractivity contribution is 0.629. The Morgan fingerprint density at radius 3 is 1.87 bits per heavy atom. The fourth-order valence-corrected chi connectivity index (χ4v) is 1.84. The van der Waals surface area contributed by atoms with Gasteiger partial charge in [-0.3, -0.25) is 0 Å². The third-order valence-corrected chi connectivity index (χ3v) is 2.64. The van der Waals surface area contributed by atoms with Gasteiger partial charge in [0.25, 0.3) is 0 Å². The quantitative estimate of drug-likeness (QED) is 0.629. The van der Waals surface area contributed by atoms with Crippen molar-refractivity contribution in [2.45, 2.75) is 0 Å². The standard InChI is InChI=1S/C12H7Cl2F/c13-10-6-9(7-11(14)12(10)15)8-4-2-1-3-5-8/h1-7H. The molecule has 0 radical (unpaired) electrons. The predicted molar refractivity (Wildman–Crippen MR) is 61.9 cm³/mol. The summed E-state index contributed by atoms with van der Waals surface area (Å²) in [5.74, 6) is -0.571. The highest BCUT2D eigenvalue weighted by Crippen LogP contribution is 2.30. The van der Waals surface area contributed by atoms with E-state index in [0.29, 0.717) is 0 Å². The Morgan fingerprint density at radius 2 is 1.33 bits per heavy atom. The SMILES string of the molecule is Fc1c(Cl)cc(-c2ccccc2)cc1Cl. The fourth-order valence-electron chi connectivity index (χ4n) is 1.35. The van der Waals surface area contributed by atoms with Gasteiger partial charge in [0.05, 0.1) is 10.0 Å². The zero-order valence-electron chi connectivity index (χ0n) is 7.68. The van der Waals surface area contributed by atoms with Crippen molar-refractivity contribution in [3.8, 4) is 11.1 Å². The van der Waals surface area contributed by atoms with Crippen LogP contribution in [0.15, 0.2) is 42.5 Å². The van der Waals surface area contributed by atoms with E-state index >= 15 is 0 Å². The molecule has 0 fully saturated rings. The van der Waals surface area contributed by atoms with Crippen molar-refractivity contribution in [2.75, 3.05) is 0 Å². The second kappa shape index (κ2) is 4.21. The number of hydrogen-bond acceptors (Lipinski definition) is 0. The highest BCUT2D eigenvalue weighted by Gasteiger charge is 2.08. The smallest absolute Gasteiger partial charge is 0.160 e. The van der Waals surface area contributed by atoms with Gasteiger partial charge in [0, 0.05) is 0 Å². The van der Waals surface area contributed by atoms with Crippen LogP contribution in [-0.4, -0.2) is 0 Å². The molecule has 0 aromatic heterocycles. The Labute approximate surface area is 97.3 Å². The first-order valence-corrected chi connectivity index (χ1v) is 5.14. The molecule has 0 heterocycles. The Balaban J connectivity index is 2.56. The van der Waals surface area contributed by atoms with E-state index in [4.69, 9.17) is 23.2 Å². The van der Waals surface area contributed by atoms with Gasteiger partial charge < -0.3 is 0 Å². The van der Waals surface area contributed by atoms with Crippen molar-refractivity contribution in [2.24, 2.45) is 0 Å². The number of halogens is 3. The first kappa shape index (κ1) is 10.5. The van der Waals surface area contributed by atoms with Crippen LogP contribution in [0.1, 0.15) is 0 Å². The van der Waals surface area contributed by atoms with Crippen LogP contribution < -0.4 is 0 Å². The van der Waals surface area contributed by atoms with Crippen molar-refractivity contribution in [1.29, 1.82) is 0 Å².